The average molecular weight is 417 g/mol. The standard InChI is InChI=1S/C14H20N5O8P/c15-13-17-11-10(12(21)18-13)16-6-19(11)9-4-7(8(5-20)27-9)26-2-1-3-28(24,25)14(22)23/h6-9,20H,1-5H2,(H,22,23)(H,24,25)(H3,15,17,18,21)/t7-,8+,9+/m0/s1. The van der Waals surface area contributed by atoms with Crippen LogP contribution in [0.5, 0.6) is 0 Å². The van der Waals surface area contributed by atoms with E-state index in [1.165, 1.54) is 10.9 Å². The summed E-state index contributed by atoms with van der Waals surface area (Å²) in [5.74, 6) is -0.0735. The van der Waals surface area contributed by atoms with Crippen LogP contribution in [0.4, 0.5) is 10.7 Å². The molecule has 0 radical (unpaired) electrons. The lowest BCUT2D eigenvalue weighted by atomic mass is 10.2. The lowest BCUT2D eigenvalue weighted by molar-refractivity contribution is -0.0602. The van der Waals surface area contributed by atoms with Crippen molar-refractivity contribution in [3.8, 4) is 0 Å². The number of ether oxygens (including phenoxy) is 2. The molecular formula is C14H20N5O8P. The molecule has 1 aliphatic heterocycles. The fraction of sp³-hybridized carbons (Fsp3) is 0.571. The maximum absolute atomic E-state index is 11.9. The number of fused-ring (bicyclic) bond motifs is 1. The number of aliphatic hydroxyl groups excluding tert-OH is 1. The summed E-state index contributed by atoms with van der Waals surface area (Å²) in [7, 11) is -4.25. The average Bonchev–Trinajstić information content (AvgIpc) is 3.22. The molecule has 28 heavy (non-hydrogen) atoms. The van der Waals surface area contributed by atoms with E-state index in [4.69, 9.17) is 20.3 Å². The molecule has 0 spiro atoms. The van der Waals surface area contributed by atoms with Crippen LogP contribution >= 0.6 is 7.37 Å². The van der Waals surface area contributed by atoms with Crippen molar-refractivity contribution in [3.05, 3.63) is 16.7 Å². The Balaban J connectivity index is 1.66. The number of hydrogen-bond acceptors (Lipinski definition) is 9. The maximum atomic E-state index is 11.9. The third kappa shape index (κ3) is 4.08. The van der Waals surface area contributed by atoms with Crippen LogP contribution in [-0.4, -0.2) is 71.9 Å². The van der Waals surface area contributed by atoms with E-state index in [9.17, 15) is 24.2 Å². The molecule has 1 saturated heterocycles. The van der Waals surface area contributed by atoms with Crippen molar-refractivity contribution in [2.45, 2.75) is 31.3 Å². The Hall–Kier alpha value is -2.31. The first-order chi connectivity index (χ1) is 13.2. The molecule has 3 rings (SSSR count). The van der Waals surface area contributed by atoms with Crippen molar-refractivity contribution in [2.24, 2.45) is 0 Å². The van der Waals surface area contributed by atoms with Crippen LogP contribution in [-0.2, 0) is 14.0 Å². The minimum Gasteiger partial charge on any atom is -0.474 e. The molecule has 4 atom stereocenters. The highest BCUT2D eigenvalue weighted by atomic mass is 31.2. The van der Waals surface area contributed by atoms with Crippen LogP contribution in [0.25, 0.3) is 11.2 Å². The zero-order chi connectivity index (χ0) is 20.5. The van der Waals surface area contributed by atoms with Gasteiger partial charge in [-0.2, -0.15) is 4.98 Å². The Morgan fingerprint density at radius 2 is 2.29 bits per heavy atom. The number of nitrogens with one attached hydrogen (secondary N) is 1. The zero-order valence-electron chi connectivity index (χ0n) is 14.6. The number of nitrogens with zero attached hydrogens (tertiary/aromatic N) is 3. The van der Waals surface area contributed by atoms with Gasteiger partial charge in [0, 0.05) is 19.2 Å². The van der Waals surface area contributed by atoms with Gasteiger partial charge in [-0.05, 0) is 6.42 Å². The number of aromatic amines is 1. The van der Waals surface area contributed by atoms with Crippen molar-refractivity contribution < 1.29 is 33.9 Å². The highest BCUT2D eigenvalue weighted by Crippen LogP contribution is 2.41. The van der Waals surface area contributed by atoms with E-state index in [1.54, 1.807) is 0 Å². The summed E-state index contributed by atoms with van der Waals surface area (Å²) < 4.78 is 24.3. The van der Waals surface area contributed by atoms with E-state index in [1.807, 2.05) is 0 Å². The second-order valence-corrected chi connectivity index (χ2v) is 8.53. The van der Waals surface area contributed by atoms with Gasteiger partial charge in [-0.1, -0.05) is 0 Å². The Labute approximate surface area is 157 Å². The van der Waals surface area contributed by atoms with Crippen molar-refractivity contribution in [1.82, 2.24) is 19.5 Å². The molecule has 6 N–H and O–H groups in total. The normalized spacial score (nSPS) is 24.4. The molecule has 0 saturated carbocycles. The number of rotatable bonds is 8. The molecule has 154 valence electrons. The smallest absolute Gasteiger partial charge is 0.388 e. The molecule has 0 aliphatic carbocycles. The minimum absolute atomic E-state index is 0.0185. The minimum atomic E-state index is -4.25. The number of imidazole rings is 1. The van der Waals surface area contributed by atoms with Gasteiger partial charge in [0.25, 0.3) is 5.56 Å². The van der Waals surface area contributed by atoms with Gasteiger partial charge in [-0.3, -0.25) is 18.9 Å². The molecule has 1 fully saturated rings. The lowest BCUT2D eigenvalue weighted by Crippen LogP contribution is -2.28. The molecule has 3 heterocycles. The van der Waals surface area contributed by atoms with Gasteiger partial charge < -0.3 is 30.3 Å². The second kappa shape index (κ2) is 7.97. The van der Waals surface area contributed by atoms with Gasteiger partial charge >= 0.3 is 13.1 Å². The number of aromatic nitrogens is 4. The highest BCUT2D eigenvalue weighted by Gasteiger charge is 2.37. The van der Waals surface area contributed by atoms with E-state index in [0.29, 0.717) is 6.42 Å². The monoisotopic (exact) mass is 417 g/mol. The predicted molar refractivity (Wildman–Crippen MR) is 95.2 cm³/mol. The molecule has 2 aromatic heterocycles. The Kier molecular flexibility index (Phi) is 5.82. The summed E-state index contributed by atoms with van der Waals surface area (Å²) in [4.78, 5) is 42.2. The van der Waals surface area contributed by atoms with Crippen LogP contribution in [0, 0.1) is 0 Å². The first kappa shape index (κ1) is 20.4. The molecule has 13 nitrogen and oxygen atoms in total. The summed E-state index contributed by atoms with van der Waals surface area (Å²) in [6, 6.07) is 0. The van der Waals surface area contributed by atoms with Crippen molar-refractivity contribution in [3.63, 3.8) is 0 Å². The van der Waals surface area contributed by atoms with Crippen molar-refractivity contribution in [1.29, 1.82) is 0 Å². The zero-order valence-corrected chi connectivity index (χ0v) is 15.5. The Morgan fingerprint density at radius 3 is 2.96 bits per heavy atom. The van der Waals surface area contributed by atoms with E-state index < -0.39 is 43.2 Å². The molecule has 0 aromatic carbocycles. The SMILES string of the molecule is Nc1nc2c(ncn2[C@H]2C[C@H](OCCCP(=O)(O)C(=O)O)[C@@H](CO)O2)c(=O)[nH]1. The van der Waals surface area contributed by atoms with Crippen LogP contribution in [0.3, 0.4) is 0 Å². The fourth-order valence-corrected chi connectivity index (χ4v) is 3.72. The quantitative estimate of drug-likeness (QED) is 0.279. The summed E-state index contributed by atoms with van der Waals surface area (Å²) in [6.07, 6.45) is -0.535. The van der Waals surface area contributed by atoms with E-state index in [0.717, 1.165) is 0 Å². The number of aliphatic hydroxyl groups is 1. The predicted octanol–water partition coefficient (Wildman–Crippen LogP) is -0.295. The summed E-state index contributed by atoms with van der Waals surface area (Å²) in [6.45, 7) is -0.317. The van der Waals surface area contributed by atoms with Crippen molar-refractivity contribution >= 4 is 30.2 Å². The number of anilines is 1. The number of nitrogens with two attached hydrogens (primary N) is 1. The molecule has 14 heteroatoms. The number of nitrogen functional groups attached to an aromatic ring is 1. The fourth-order valence-electron chi connectivity index (χ4n) is 2.97. The first-order valence-electron chi connectivity index (χ1n) is 8.38. The molecular weight excluding hydrogens is 397 g/mol. The molecule has 0 amide bonds. The van der Waals surface area contributed by atoms with E-state index in [-0.39, 0.29) is 36.7 Å². The van der Waals surface area contributed by atoms with Gasteiger partial charge in [0.15, 0.2) is 11.2 Å². The van der Waals surface area contributed by atoms with Gasteiger partial charge in [0.1, 0.15) is 12.3 Å². The number of H-pyrrole nitrogens is 1. The molecule has 1 unspecified atom stereocenters. The number of hydrogen-bond donors (Lipinski definition) is 5. The third-order valence-electron chi connectivity index (χ3n) is 4.36. The topological polar surface area (TPSA) is 203 Å². The van der Waals surface area contributed by atoms with Crippen LogP contribution in [0.1, 0.15) is 19.1 Å². The van der Waals surface area contributed by atoms with E-state index in [2.05, 4.69) is 15.0 Å². The first-order valence-corrected chi connectivity index (χ1v) is 10.2. The maximum Gasteiger partial charge on any atom is 0.388 e. The second-order valence-electron chi connectivity index (χ2n) is 6.29. The number of carboxylic acid groups (broad SMARTS) is 1. The van der Waals surface area contributed by atoms with Gasteiger partial charge in [-0.15, -0.1) is 0 Å². The highest BCUT2D eigenvalue weighted by molar-refractivity contribution is 7.74. The molecule has 1 aliphatic rings. The van der Waals surface area contributed by atoms with Gasteiger partial charge in [0.05, 0.1) is 19.0 Å². The van der Waals surface area contributed by atoms with Crippen LogP contribution in [0.15, 0.2) is 11.1 Å². The summed E-state index contributed by atoms with van der Waals surface area (Å²) >= 11 is 0. The molecule has 2 aromatic rings. The molecule has 0 bridgehead atoms. The van der Waals surface area contributed by atoms with Crippen LogP contribution in [0.2, 0.25) is 0 Å². The van der Waals surface area contributed by atoms with Gasteiger partial charge in [-0.25, -0.2) is 9.78 Å². The number of carbonyl (C=O) groups is 1. The largest absolute Gasteiger partial charge is 0.474 e. The van der Waals surface area contributed by atoms with Gasteiger partial charge in [0.2, 0.25) is 5.95 Å². The third-order valence-corrected chi connectivity index (χ3v) is 5.88. The van der Waals surface area contributed by atoms with Crippen LogP contribution < -0.4 is 11.3 Å². The Bertz CT molecular complexity index is 974. The Morgan fingerprint density at radius 1 is 1.54 bits per heavy atom. The lowest BCUT2D eigenvalue weighted by Gasteiger charge is -2.16. The summed E-state index contributed by atoms with van der Waals surface area (Å²) in [5.41, 5.74) is 3.67. The summed E-state index contributed by atoms with van der Waals surface area (Å²) in [5, 5.41) is 18.2. The van der Waals surface area contributed by atoms with E-state index >= 15 is 0 Å². The van der Waals surface area contributed by atoms with Crippen molar-refractivity contribution in [2.75, 3.05) is 25.1 Å².